The highest BCUT2D eigenvalue weighted by Gasteiger charge is 2.12. The zero-order chi connectivity index (χ0) is 7.28. The van der Waals surface area contributed by atoms with Gasteiger partial charge in [-0.1, -0.05) is 0 Å². The number of carbonyl (C=O) groups is 2. The molecule has 4 nitrogen and oxygen atoms in total. The molecule has 0 unspecified atom stereocenters. The van der Waals surface area contributed by atoms with Crippen molar-refractivity contribution in [3.8, 4) is 0 Å². The molecule has 0 amide bonds. The predicted octanol–water partition coefficient (Wildman–Crippen LogP) is -0.0443. The van der Waals surface area contributed by atoms with Crippen molar-refractivity contribution >= 4 is 19.0 Å². The summed E-state index contributed by atoms with van der Waals surface area (Å²) in [6.45, 7) is 0. The van der Waals surface area contributed by atoms with Crippen LogP contribution in [-0.2, 0) is 9.47 Å². The van der Waals surface area contributed by atoms with Crippen LogP contribution in [-0.4, -0.2) is 33.2 Å². The van der Waals surface area contributed by atoms with E-state index in [-0.39, 0.29) is 7.28 Å². The molecule has 0 spiro atoms. The van der Waals surface area contributed by atoms with Crippen LogP contribution in [0.25, 0.3) is 0 Å². The first-order chi connectivity index (χ1) is 4.20. The second-order valence-corrected chi connectivity index (χ2v) is 1.33. The summed E-state index contributed by atoms with van der Waals surface area (Å²) in [4.78, 5) is 20.5. The van der Waals surface area contributed by atoms with Gasteiger partial charge in [-0.25, -0.2) is 0 Å². The predicted molar refractivity (Wildman–Crippen MR) is 32.0 cm³/mol. The summed E-state index contributed by atoms with van der Waals surface area (Å²) < 4.78 is 8.37. The Morgan fingerprint density at radius 3 is 1.67 bits per heavy atom. The highest BCUT2D eigenvalue weighted by atomic mass is 16.5. The average Bonchev–Trinajstić information content (AvgIpc) is 1.87. The third kappa shape index (κ3) is 3.58. The monoisotopic (exact) mass is 130 g/mol. The Labute approximate surface area is 53.4 Å². The van der Waals surface area contributed by atoms with Crippen molar-refractivity contribution in [3.05, 3.63) is 0 Å². The van der Waals surface area contributed by atoms with Gasteiger partial charge in [0.05, 0.1) is 14.2 Å². The number of methoxy groups -OCH3 is 2. The maximum Gasteiger partial charge on any atom is 0.392 e. The van der Waals surface area contributed by atoms with E-state index >= 15 is 0 Å². The molecule has 0 rings (SSSR count). The van der Waals surface area contributed by atoms with E-state index in [1.54, 1.807) is 0 Å². The molecule has 0 aliphatic carbocycles. The first kappa shape index (κ1) is 8.00. The second-order valence-electron chi connectivity index (χ2n) is 1.33. The Balaban J connectivity index is 3.47. The van der Waals surface area contributed by atoms with Crippen LogP contribution in [0, 0.1) is 0 Å². The van der Waals surface area contributed by atoms with Gasteiger partial charge in [0.25, 0.3) is 11.7 Å². The quantitative estimate of drug-likeness (QED) is 0.492. The molecular weight excluding hydrogens is 123 g/mol. The molecule has 0 saturated carbocycles. The molecule has 0 aliphatic heterocycles. The maximum atomic E-state index is 10.3. The molecule has 0 fully saturated rings. The zero-order valence-electron chi connectivity index (χ0n) is 5.34. The van der Waals surface area contributed by atoms with Gasteiger partial charge in [0.2, 0.25) is 0 Å². The largest absolute Gasteiger partial charge is 0.477 e. The van der Waals surface area contributed by atoms with Crippen molar-refractivity contribution in [2.45, 2.75) is 0 Å². The summed E-state index contributed by atoms with van der Waals surface area (Å²) in [5.74, 6) is -1.16. The summed E-state index contributed by atoms with van der Waals surface area (Å²) in [5, 5.41) is 0. The van der Waals surface area contributed by atoms with Gasteiger partial charge in [-0.3, -0.25) is 9.59 Å². The lowest BCUT2D eigenvalue weighted by atomic mass is 9.79. The first-order valence-electron chi connectivity index (χ1n) is 2.34. The van der Waals surface area contributed by atoms with Crippen molar-refractivity contribution in [1.29, 1.82) is 0 Å². The minimum Gasteiger partial charge on any atom is -0.477 e. The summed E-state index contributed by atoms with van der Waals surface area (Å²) in [6.07, 6.45) is 0. The first-order valence-corrected chi connectivity index (χ1v) is 2.34. The molecule has 0 aromatic carbocycles. The van der Waals surface area contributed by atoms with Crippen molar-refractivity contribution in [1.82, 2.24) is 0 Å². The Kier molecular flexibility index (Phi) is 3.51. The van der Waals surface area contributed by atoms with Gasteiger partial charge in [0.15, 0.2) is 0 Å². The minimum absolute atomic E-state index is 0.312. The van der Waals surface area contributed by atoms with Gasteiger partial charge in [0.1, 0.15) is 0 Å². The van der Waals surface area contributed by atoms with Gasteiger partial charge >= 0.3 is 7.28 Å². The van der Waals surface area contributed by atoms with E-state index in [1.807, 2.05) is 0 Å². The lowest BCUT2D eigenvalue weighted by Crippen LogP contribution is -2.19. The molecular formula is C4H7BO4. The van der Waals surface area contributed by atoms with E-state index in [0.29, 0.717) is 0 Å². The normalized spacial score (nSPS) is 7.78. The fraction of sp³-hybridized carbons (Fsp3) is 0.500. The fourth-order valence-electron chi connectivity index (χ4n) is 0.262. The van der Waals surface area contributed by atoms with E-state index in [2.05, 4.69) is 9.47 Å². The Morgan fingerprint density at radius 2 is 1.44 bits per heavy atom. The number of ether oxygens (including phenoxy) is 2. The van der Waals surface area contributed by atoms with E-state index in [4.69, 9.17) is 0 Å². The molecule has 0 bridgehead atoms. The third-order valence-electron chi connectivity index (χ3n) is 0.744. The maximum absolute atomic E-state index is 10.3. The van der Waals surface area contributed by atoms with Crippen LogP contribution in [0.4, 0.5) is 9.59 Å². The number of rotatable bonds is 2. The van der Waals surface area contributed by atoms with Crippen LogP contribution in [0.1, 0.15) is 0 Å². The minimum atomic E-state index is -0.582. The van der Waals surface area contributed by atoms with Gasteiger partial charge in [-0.2, -0.15) is 0 Å². The summed E-state index contributed by atoms with van der Waals surface area (Å²) in [7, 11) is 2.11. The standard InChI is InChI=1S/C4H7BO4/c1-8-3(6)5-4(7)9-2/h5H,1-2H3. The third-order valence-corrected chi connectivity index (χ3v) is 0.744. The summed E-state index contributed by atoms with van der Waals surface area (Å²) in [6, 6.07) is 0. The van der Waals surface area contributed by atoms with Crippen LogP contribution in [0.3, 0.4) is 0 Å². The van der Waals surface area contributed by atoms with Crippen molar-refractivity contribution in [2.75, 3.05) is 14.2 Å². The second kappa shape index (κ2) is 3.94. The topological polar surface area (TPSA) is 52.6 Å². The van der Waals surface area contributed by atoms with Crippen LogP contribution >= 0.6 is 0 Å². The molecule has 0 aromatic heterocycles. The zero-order valence-corrected chi connectivity index (χ0v) is 5.34. The molecule has 0 saturated heterocycles. The Bertz CT molecular complexity index is 108. The average molecular weight is 130 g/mol. The van der Waals surface area contributed by atoms with Crippen molar-refractivity contribution in [2.24, 2.45) is 0 Å². The number of hydrogen-bond acceptors (Lipinski definition) is 4. The molecule has 0 aliphatic rings. The highest BCUT2D eigenvalue weighted by molar-refractivity contribution is 6.94. The lowest BCUT2D eigenvalue weighted by molar-refractivity contribution is 0.190. The molecule has 0 atom stereocenters. The summed E-state index contributed by atoms with van der Waals surface area (Å²) in [5.41, 5.74) is 0. The van der Waals surface area contributed by atoms with E-state index in [0.717, 1.165) is 0 Å². The number of carbonyl (C=O) groups excluding carboxylic acids is 2. The molecule has 0 radical (unpaired) electrons. The van der Waals surface area contributed by atoms with E-state index < -0.39 is 11.7 Å². The van der Waals surface area contributed by atoms with Gasteiger partial charge in [-0.15, -0.1) is 0 Å². The Morgan fingerprint density at radius 1 is 1.11 bits per heavy atom. The fourth-order valence-corrected chi connectivity index (χ4v) is 0.262. The molecule has 0 N–H and O–H groups in total. The summed E-state index contributed by atoms with van der Waals surface area (Å²) >= 11 is 0. The molecule has 9 heavy (non-hydrogen) atoms. The lowest BCUT2D eigenvalue weighted by Gasteiger charge is -1.93. The van der Waals surface area contributed by atoms with E-state index in [1.165, 1.54) is 14.2 Å². The Hall–Kier alpha value is -0.995. The molecule has 0 heterocycles. The van der Waals surface area contributed by atoms with Crippen LogP contribution in [0.5, 0.6) is 0 Å². The number of hydrogen-bond donors (Lipinski definition) is 0. The van der Waals surface area contributed by atoms with Crippen LogP contribution < -0.4 is 0 Å². The smallest absolute Gasteiger partial charge is 0.392 e. The van der Waals surface area contributed by atoms with Gasteiger partial charge < -0.3 is 9.47 Å². The molecule has 5 heteroatoms. The van der Waals surface area contributed by atoms with Crippen LogP contribution in [0.15, 0.2) is 0 Å². The SMILES string of the molecule is COC(=O)BC(=O)OC. The molecule has 0 aromatic rings. The van der Waals surface area contributed by atoms with Gasteiger partial charge in [-0.05, 0) is 0 Å². The van der Waals surface area contributed by atoms with Crippen LogP contribution in [0.2, 0.25) is 0 Å². The van der Waals surface area contributed by atoms with Crippen molar-refractivity contribution in [3.63, 3.8) is 0 Å². The molecule has 50 valence electrons. The van der Waals surface area contributed by atoms with Crippen molar-refractivity contribution < 1.29 is 19.1 Å². The van der Waals surface area contributed by atoms with E-state index in [9.17, 15) is 9.59 Å². The highest BCUT2D eigenvalue weighted by Crippen LogP contribution is 1.78. The van der Waals surface area contributed by atoms with Gasteiger partial charge in [0, 0.05) is 0 Å².